The molecule has 1 aliphatic rings. The van der Waals surface area contributed by atoms with Crippen molar-refractivity contribution in [2.75, 3.05) is 13.1 Å². The summed E-state index contributed by atoms with van der Waals surface area (Å²) in [7, 11) is -3.25. The van der Waals surface area contributed by atoms with Crippen LogP contribution in [-0.4, -0.2) is 30.8 Å². The molecule has 0 radical (unpaired) electrons. The Morgan fingerprint density at radius 2 is 2.00 bits per heavy atom. The van der Waals surface area contributed by atoms with Crippen LogP contribution in [0.4, 0.5) is 0 Å². The van der Waals surface area contributed by atoms with E-state index in [1.54, 1.807) is 4.31 Å². The van der Waals surface area contributed by atoms with Crippen LogP contribution in [0.2, 0.25) is 0 Å². The minimum absolute atomic E-state index is 0.377. The summed E-state index contributed by atoms with van der Waals surface area (Å²) in [5, 5.41) is 0.797. The maximum absolute atomic E-state index is 12.1. The van der Waals surface area contributed by atoms with Gasteiger partial charge in [0.2, 0.25) is 0 Å². The average molecular weight is 246 g/mol. The van der Waals surface area contributed by atoms with Crippen LogP contribution >= 0.6 is 11.3 Å². The number of nitrogens with zero attached hydrogens (tertiary/aromatic N) is 2. The molecule has 1 aromatic heterocycles. The third-order valence-corrected chi connectivity index (χ3v) is 5.76. The summed E-state index contributed by atoms with van der Waals surface area (Å²) in [5.41, 5.74) is 0. The highest BCUT2D eigenvalue weighted by atomic mass is 32.2. The Morgan fingerprint density at radius 3 is 2.53 bits per heavy atom. The highest BCUT2D eigenvalue weighted by molar-refractivity contribution is 7.91. The Morgan fingerprint density at radius 1 is 1.33 bits per heavy atom. The van der Waals surface area contributed by atoms with Crippen molar-refractivity contribution in [2.45, 2.75) is 30.4 Å². The van der Waals surface area contributed by atoms with E-state index >= 15 is 0 Å². The van der Waals surface area contributed by atoms with Gasteiger partial charge >= 0.3 is 0 Å². The van der Waals surface area contributed by atoms with Gasteiger partial charge in [-0.2, -0.15) is 4.31 Å². The molecule has 0 aromatic carbocycles. The predicted molar refractivity (Wildman–Crippen MR) is 59.5 cm³/mol. The topological polar surface area (TPSA) is 50.3 Å². The first kappa shape index (κ1) is 11.0. The second-order valence-electron chi connectivity index (χ2n) is 3.66. The molecular weight excluding hydrogens is 232 g/mol. The molecular formula is C9H14N2O2S2. The largest absolute Gasteiger partial charge is 0.254 e. The smallest absolute Gasteiger partial charge is 0.249 e. The first-order valence-electron chi connectivity index (χ1n) is 5.03. The molecule has 0 N–H and O–H groups in total. The number of aromatic nitrogens is 1. The minimum atomic E-state index is -3.25. The van der Waals surface area contributed by atoms with Gasteiger partial charge in [-0.3, -0.25) is 0 Å². The maximum Gasteiger partial charge on any atom is 0.254 e. The van der Waals surface area contributed by atoms with Crippen molar-refractivity contribution < 1.29 is 8.42 Å². The normalized spacial score (nSPS) is 19.3. The maximum atomic E-state index is 12.1. The van der Waals surface area contributed by atoms with E-state index < -0.39 is 10.0 Å². The molecule has 1 saturated heterocycles. The molecule has 0 spiro atoms. The van der Waals surface area contributed by atoms with Crippen LogP contribution < -0.4 is 0 Å². The molecule has 1 aromatic rings. The van der Waals surface area contributed by atoms with Crippen LogP contribution in [0.3, 0.4) is 0 Å². The van der Waals surface area contributed by atoms with Gasteiger partial charge in [-0.25, -0.2) is 13.4 Å². The molecule has 0 unspecified atom stereocenters. The number of sulfonamides is 1. The summed E-state index contributed by atoms with van der Waals surface area (Å²) in [6, 6.07) is 0. The van der Waals surface area contributed by atoms with Gasteiger partial charge in [0.1, 0.15) is 0 Å². The number of thiazole rings is 1. The van der Waals surface area contributed by atoms with Gasteiger partial charge in [-0.1, -0.05) is 6.42 Å². The summed E-state index contributed by atoms with van der Waals surface area (Å²) >= 11 is 1.25. The van der Waals surface area contributed by atoms with E-state index in [0.717, 1.165) is 24.3 Å². The molecule has 4 nitrogen and oxygen atoms in total. The molecule has 2 rings (SSSR count). The number of aryl methyl sites for hydroxylation is 1. The van der Waals surface area contributed by atoms with Gasteiger partial charge in [0.25, 0.3) is 10.0 Å². The zero-order valence-corrected chi connectivity index (χ0v) is 10.3. The lowest BCUT2D eigenvalue weighted by molar-refractivity contribution is 0.347. The van der Waals surface area contributed by atoms with E-state index in [-0.39, 0.29) is 0 Å². The Bertz CT molecular complexity index is 433. The molecule has 2 heterocycles. The van der Waals surface area contributed by atoms with Crippen LogP contribution in [0.25, 0.3) is 0 Å². The summed E-state index contributed by atoms with van der Waals surface area (Å²) < 4.78 is 26.1. The van der Waals surface area contributed by atoms with Crippen molar-refractivity contribution in [3.8, 4) is 0 Å². The molecule has 84 valence electrons. The molecule has 0 atom stereocenters. The van der Waals surface area contributed by atoms with Crippen molar-refractivity contribution in [1.82, 2.24) is 9.29 Å². The lowest BCUT2D eigenvalue weighted by atomic mass is 10.2. The van der Waals surface area contributed by atoms with Crippen LogP contribution in [0.5, 0.6) is 0 Å². The zero-order valence-electron chi connectivity index (χ0n) is 8.64. The van der Waals surface area contributed by atoms with E-state index in [1.807, 2.05) is 6.92 Å². The quantitative estimate of drug-likeness (QED) is 0.797. The summed E-state index contributed by atoms with van der Waals surface area (Å²) in [6.07, 6.45) is 4.53. The lowest BCUT2D eigenvalue weighted by Gasteiger charge is -2.24. The number of piperidine rings is 1. The SMILES string of the molecule is Cc1ncc(S(=O)(=O)N2CCCCC2)s1. The van der Waals surface area contributed by atoms with E-state index in [2.05, 4.69) is 4.98 Å². The molecule has 0 amide bonds. The van der Waals surface area contributed by atoms with Crippen molar-refractivity contribution >= 4 is 21.4 Å². The highest BCUT2D eigenvalue weighted by Crippen LogP contribution is 2.24. The molecule has 0 saturated carbocycles. The van der Waals surface area contributed by atoms with Gasteiger partial charge in [-0.05, 0) is 19.8 Å². The van der Waals surface area contributed by atoms with Crippen LogP contribution in [0, 0.1) is 6.92 Å². The van der Waals surface area contributed by atoms with Gasteiger partial charge < -0.3 is 0 Å². The summed E-state index contributed by atoms with van der Waals surface area (Å²) in [4.78, 5) is 3.99. The fraction of sp³-hybridized carbons (Fsp3) is 0.667. The van der Waals surface area contributed by atoms with Crippen molar-refractivity contribution in [3.63, 3.8) is 0 Å². The molecule has 6 heteroatoms. The van der Waals surface area contributed by atoms with Crippen LogP contribution in [0.1, 0.15) is 24.3 Å². The van der Waals surface area contributed by atoms with Crippen molar-refractivity contribution in [1.29, 1.82) is 0 Å². The average Bonchev–Trinajstić information content (AvgIpc) is 2.67. The number of hydrogen-bond donors (Lipinski definition) is 0. The van der Waals surface area contributed by atoms with E-state index in [4.69, 9.17) is 0 Å². The second-order valence-corrected chi connectivity index (χ2v) is 7.06. The van der Waals surface area contributed by atoms with Crippen molar-refractivity contribution in [3.05, 3.63) is 11.2 Å². The highest BCUT2D eigenvalue weighted by Gasteiger charge is 2.27. The van der Waals surface area contributed by atoms with Crippen molar-refractivity contribution in [2.24, 2.45) is 0 Å². The fourth-order valence-corrected chi connectivity index (χ4v) is 4.47. The fourth-order valence-electron chi connectivity index (χ4n) is 1.69. The van der Waals surface area contributed by atoms with Crippen LogP contribution in [-0.2, 0) is 10.0 Å². The molecule has 0 aliphatic carbocycles. The zero-order chi connectivity index (χ0) is 10.9. The van der Waals surface area contributed by atoms with Gasteiger partial charge in [-0.15, -0.1) is 11.3 Å². The first-order valence-corrected chi connectivity index (χ1v) is 7.29. The molecule has 1 fully saturated rings. The molecule has 1 aliphatic heterocycles. The standard InChI is InChI=1S/C9H14N2O2S2/c1-8-10-7-9(14-8)15(12,13)11-5-3-2-4-6-11/h7H,2-6H2,1H3. The van der Waals surface area contributed by atoms with Gasteiger partial charge in [0.15, 0.2) is 4.21 Å². The lowest BCUT2D eigenvalue weighted by Crippen LogP contribution is -2.35. The molecule has 0 bridgehead atoms. The third-order valence-electron chi connectivity index (χ3n) is 2.51. The Balaban J connectivity index is 2.26. The Labute approximate surface area is 94.0 Å². The minimum Gasteiger partial charge on any atom is -0.249 e. The van der Waals surface area contributed by atoms with E-state index in [1.165, 1.54) is 17.5 Å². The van der Waals surface area contributed by atoms with Gasteiger partial charge in [0, 0.05) is 13.1 Å². The van der Waals surface area contributed by atoms with E-state index in [0.29, 0.717) is 17.3 Å². The first-order chi connectivity index (χ1) is 7.10. The number of rotatable bonds is 2. The second kappa shape index (κ2) is 4.19. The Kier molecular flexibility index (Phi) is 3.08. The predicted octanol–water partition coefficient (Wildman–Crippen LogP) is 1.63. The van der Waals surface area contributed by atoms with E-state index in [9.17, 15) is 8.42 Å². The summed E-state index contributed by atoms with van der Waals surface area (Å²) in [5.74, 6) is 0. The van der Waals surface area contributed by atoms with Gasteiger partial charge in [0.05, 0.1) is 11.2 Å². The Hall–Kier alpha value is -0.460. The molecule has 15 heavy (non-hydrogen) atoms. The monoisotopic (exact) mass is 246 g/mol. The van der Waals surface area contributed by atoms with Crippen LogP contribution in [0.15, 0.2) is 10.4 Å². The number of hydrogen-bond acceptors (Lipinski definition) is 4. The summed E-state index contributed by atoms with van der Waals surface area (Å²) in [6.45, 7) is 3.12. The third kappa shape index (κ3) is 2.21.